The lowest BCUT2D eigenvalue weighted by molar-refractivity contribution is 0.0677. The summed E-state index contributed by atoms with van der Waals surface area (Å²) in [4.78, 5) is 2.25. The van der Waals surface area contributed by atoms with Crippen LogP contribution in [0.1, 0.15) is 0 Å². The first-order valence-electron chi connectivity index (χ1n) is 7.41. The molecule has 0 amide bonds. The molecular weight excluding hydrogens is 350 g/mol. The molecule has 0 fully saturated rings. The summed E-state index contributed by atoms with van der Waals surface area (Å²) in [7, 11) is 3.35. The Balaban J connectivity index is 2.42. The van der Waals surface area contributed by atoms with Gasteiger partial charge >= 0.3 is 0 Å². The van der Waals surface area contributed by atoms with E-state index in [2.05, 4.69) is 33.0 Å². The zero-order chi connectivity index (χ0) is 16.0. The van der Waals surface area contributed by atoms with E-state index in [0.717, 1.165) is 23.2 Å². The van der Waals surface area contributed by atoms with Crippen LogP contribution >= 0.6 is 15.9 Å². The Bertz CT molecular complexity index is 378. The maximum atomic E-state index is 5.56. The molecule has 5 nitrogen and oxygen atoms in total. The molecule has 0 aliphatic carbocycles. The number of ether oxygens (including phenoxy) is 4. The first-order valence-corrected chi connectivity index (χ1v) is 8.21. The summed E-state index contributed by atoms with van der Waals surface area (Å²) in [6.45, 7) is 5.43. The molecule has 0 atom stereocenters. The van der Waals surface area contributed by atoms with Crippen LogP contribution < -0.4 is 4.90 Å². The summed E-state index contributed by atoms with van der Waals surface area (Å²) in [5.74, 6) is 0. The molecule has 0 aromatic heterocycles. The smallest absolute Gasteiger partial charge is 0.0701 e. The van der Waals surface area contributed by atoms with E-state index in [0.29, 0.717) is 39.6 Å². The van der Waals surface area contributed by atoms with Gasteiger partial charge in [0.2, 0.25) is 0 Å². The summed E-state index contributed by atoms with van der Waals surface area (Å²) in [5, 5.41) is 0. The minimum Gasteiger partial charge on any atom is -0.382 e. The van der Waals surface area contributed by atoms with Crippen molar-refractivity contribution < 1.29 is 18.9 Å². The SMILES string of the molecule is COCCOCCN(CCOCCOC)c1cccc(Br)c1. The lowest BCUT2D eigenvalue weighted by Gasteiger charge is -2.25. The van der Waals surface area contributed by atoms with Crippen LogP contribution in [-0.2, 0) is 18.9 Å². The van der Waals surface area contributed by atoms with Gasteiger partial charge in [-0.05, 0) is 18.2 Å². The molecule has 0 N–H and O–H groups in total. The predicted molar refractivity (Wildman–Crippen MR) is 91.7 cm³/mol. The average molecular weight is 376 g/mol. The number of hydrogen-bond donors (Lipinski definition) is 0. The number of benzene rings is 1. The topological polar surface area (TPSA) is 40.2 Å². The van der Waals surface area contributed by atoms with Crippen LogP contribution in [0.5, 0.6) is 0 Å². The molecule has 0 aliphatic heterocycles. The third-order valence-electron chi connectivity index (χ3n) is 3.05. The molecular formula is C16H26BrNO4. The molecule has 0 radical (unpaired) electrons. The molecule has 0 aliphatic rings. The van der Waals surface area contributed by atoms with Gasteiger partial charge in [0.15, 0.2) is 0 Å². The highest BCUT2D eigenvalue weighted by molar-refractivity contribution is 9.10. The third kappa shape index (κ3) is 8.70. The van der Waals surface area contributed by atoms with E-state index in [4.69, 9.17) is 18.9 Å². The van der Waals surface area contributed by atoms with Gasteiger partial charge in [-0.15, -0.1) is 0 Å². The van der Waals surface area contributed by atoms with E-state index < -0.39 is 0 Å². The first kappa shape index (κ1) is 19.4. The van der Waals surface area contributed by atoms with Crippen LogP contribution in [0.25, 0.3) is 0 Å². The van der Waals surface area contributed by atoms with Crippen LogP contribution in [0.3, 0.4) is 0 Å². The molecule has 0 unspecified atom stereocenters. The Hall–Kier alpha value is -0.660. The zero-order valence-corrected chi connectivity index (χ0v) is 15.0. The third-order valence-corrected chi connectivity index (χ3v) is 3.54. The number of halogens is 1. The normalized spacial score (nSPS) is 10.9. The van der Waals surface area contributed by atoms with Crippen molar-refractivity contribution in [3.8, 4) is 0 Å². The molecule has 0 bridgehead atoms. The van der Waals surface area contributed by atoms with Gasteiger partial charge in [-0.25, -0.2) is 0 Å². The highest BCUT2D eigenvalue weighted by Gasteiger charge is 2.07. The molecule has 1 aromatic carbocycles. The number of anilines is 1. The first-order chi connectivity index (χ1) is 10.8. The van der Waals surface area contributed by atoms with Gasteiger partial charge in [-0.1, -0.05) is 22.0 Å². The maximum absolute atomic E-state index is 5.56. The van der Waals surface area contributed by atoms with E-state index in [1.54, 1.807) is 14.2 Å². The number of nitrogens with zero attached hydrogens (tertiary/aromatic N) is 1. The van der Waals surface area contributed by atoms with Crippen molar-refractivity contribution in [2.75, 3.05) is 71.9 Å². The fraction of sp³-hybridized carbons (Fsp3) is 0.625. The Morgan fingerprint density at radius 1 is 0.864 bits per heavy atom. The minimum absolute atomic E-state index is 0.618. The van der Waals surface area contributed by atoms with E-state index in [1.807, 2.05) is 12.1 Å². The van der Waals surface area contributed by atoms with Crippen molar-refractivity contribution in [1.29, 1.82) is 0 Å². The van der Waals surface area contributed by atoms with Crippen LogP contribution in [0.2, 0.25) is 0 Å². The second kappa shape index (κ2) is 12.8. The summed E-state index contributed by atoms with van der Waals surface area (Å²) in [6.07, 6.45) is 0. The summed E-state index contributed by atoms with van der Waals surface area (Å²) in [5.41, 5.74) is 1.15. The molecule has 0 saturated heterocycles. The second-order valence-electron chi connectivity index (χ2n) is 4.68. The number of rotatable bonds is 13. The van der Waals surface area contributed by atoms with Crippen LogP contribution in [-0.4, -0.2) is 67.0 Å². The summed E-state index contributed by atoms with van der Waals surface area (Å²) >= 11 is 3.51. The van der Waals surface area contributed by atoms with Gasteiger partial charge in [0.25, 0.3) is 0 Å². The summed E-state index contributed by atoms with van der Waals surface area (Å²) in [6, 6.07) is 8.25. The lowest BCUT2D eigenvalue weighted by atomic mass is 10.3. The summed E-state index contributed by atoms with van der Waals surface area (Å²) < 4.78 is 22.1. The standard InChI is InChI=1S/C16H26BrNO4/c1-19-10-12-21-8-6-18(7-9-22-13-11-20-2)16-5-3-4-15(17)14-16/h3-5,14H,6-13H2,1-2H3. The second-order valence-corrected chi connectivity index (χ2v) is 5.59. The van der Waals surface area contributed by atoms with E-state index in [-0.39, 0.29) is 0 Å². The quantitative estimate of drug-likeness (QED) is 0.495. The van der Waals surface area contributed by atoms with Gasteiger partial charge in [0.05, 0.1) is 39.6 Å². The van der Waals surface area contributed by atoms with Gasteiger partial charge in [-0.3, -0.25) is 0 Å². The van der Waals surface area contributed by atoms with Crippen molar-refractivity contribution in [2.45, 2.75) is 0 Å². The van der Waals surface area contributed by atoms with Crippen molar-refractivity contribution in [3.63, 3.8) is 0 Å². The fourth-order valence-electron chi connectivity index (χ4n) is 1.88. The van der Waals surface area contributed by atoms with Gasteiger partial charge in [0.1, 0.15) is 0 Å². The molecule has 6 heteroatoms. The van der Waals surface area contributed by atoms with E-state index in [9.17, 15) is 0 Å². The highest BCUT2D eigenvalue weighted by Crippen LogP contribution is 2.19. The van der Waals surface area contributed by atoms with Crippen LogP contribution in [0, 0.1) is 0 Å². The Kier molecular flexibility index (Phi) is 11.3. The van der Waals surface area contributed by atoms with Gasteiger partial charge in [0, 0.05) is 37.5 Å². The monoisotopic (exact) mass is 375 g/mol. The number of methoxy groups -OCH3 is 2. The fourth-order valence-corrected chi connectivity index (χ4v) is 2.27. The maximum Gasteiger partial charge on any atom is 0.0701 e. The molecule has 1 aromatic rings. The van der Waals surface area contributed by atoms with Crippen molar-refractivity contribution >= 4 is 21.6 Å². The molecule has 22 heavy (non-hydrogen) atoms. The highest BCUT2D eigenvalue weighted by atomic mass is 79.9. The predicted octanol–water partition coefficient (Wildman–Crippen LogP) is 2.58. The van der Waals surface area contributed by atoms with Crippen molar-refractivity contribution in [1.82, 2.24) is 0 Å². The van der Waals surface area contributed by atoms with Crippen molar-refractivity contribution in [3.05, 3.63) is 28.7 Å². The minimum atomic E-state index is 0.618. The molecule has 0 spiro atoms. The Morgan fingerprint density at radius 2 is 1.45 bits per heavy atom. The van der Waals surface area contributed by atoms with Crippen LogP contribution in [0.4, 0.5) is 5.69 Å². The van der Waals surface area contributed by atoms with Gasteiger partial charge in [-0.2, -0.15) is 0 Å². The van der Waals surface area contributed by atoms with Gasteiger partial charge < -0.3 is 23.8 Å². The van der Waals surface area contributed by atoms with E-state index in [1.165, 1.54) is 0 Å². The molecule has 0 saturated carbocycles. The number of hydrogen-bond acceptors (Lipinski definition) is 5. The average Bonchev–Trinajstić information content (AvgIpc) is 2.52. The van der Waals surface area contributed by atoms with E-state index >= 15 is 0 Å². The largest absolute Gasteiger partial charge is 0.382 e. The Labute approximate surface area is 141 Å². The molecule has 0 heterocycles. The molecule has 126 valence electrons. The van der Waals surface area contributed by atoms with Crippen molar-refractivity contribution in [2.24, 2.45) is 0 Å². The zero-order valence-electron chi connectivity index (χ0n) is 13.4. The Morgan fingerprint density at radius 3 is 1.95 bits per heavy atom. The van der Waals surface area contributed by atoms with Crippen LogP contribution in [0.15, 0.2) is 28.7 Å². The molecule has 1 rings (SSSR count). The lowest BCUT2D eigenvalue weighted by Crippen LogP contribution is -2.31.